The first-order chi connectivity index (χ1) is 29.9. The van der Waals surface area contributed by atoms with Crippen LogP contribution in [0.5, 0.6) is 0 Å². The predicted octanol–water partition coefficient (Wildman–Crippen LogP) is 14.1. The molecule has 0 saturated heterocycles. The van der Waals surface area contributed by atoms with Gasteiger partial charge in [-0.05, 0) is 99.8 Å². The topological polar surface area (TPSA) is 76.7 Å². The van der Waals surface area contributed by atoms with Gasteiger partial charge in [-0.25, -0.2) is 9.83 Å². The molecule has 0 radical (unpaired) electrons. The molecular weight excluding hydrogens is 759 g/mol. The minimum absolute atomic E-state index is 0.0377. The van der Waals surface area contributed by atoms with E-state index in [9.17, 15) is 5.26 Å². The van der Waals surface area contributed by atoms with Crippen molar-refractivity contribution in [1.82, 2.24) is 24.1 Å². The van der Waals surface area contributed by atoms with Crippen LogP contribution in [0.15, 0.2) is 152 Å². The molecule has 298 valence electrons. The molecule has 0 amide bonds. The molecule has 0 aliphatic heterocycles. The van der Waals surface area contributed by atoms with Gasteiger partial charge in [0.25, 0.3) is 0 Å². The highest BCUT2D eigenvalue weighted by Crippen LogP contribution is 2.40. The molecule has 7 heteroatoms. The predicted molar refractivity (Wildman–Crippen MR) is 253 cm³/mol. The SMILES string of the molecule is [C-]#[N+]c1cccc(-c2ccc3c(c2)c2ccccc2n3-c2ccc(-c3nc(-c4ccccc4)nc(-n4c5ccc(C(C)(C)C)cc5c5cc(C(C)(C)C)ccc54)n3)cc2C#N)c1. The highest BCUT2D eigenvalue weighted by atomic mass is 15.2. The fourth-order valence-corrected chi connectivity index (χ4v) is 8.61. The van der Waals surface area contributed by atoms with E-state index in [0.717, 1.165) is 66.0 Å². The number of aromatic nitrogens is 5. The summed E-state index contributed by atoms with van der Waals surface area (Å²) in [5, 5.41) is 15.3. The fraction of sp³-hybridized carbons (Fsp3) is 0.145. The van der Waals surface area contributed by atoms with Crippen molar-refractivity contribution in [3.8, 4) is 51.6 Å². The summed E-state index contributed by atoms with van der Waals surface area (Å²) in [5.41, 5.74) is 11.9. The fourth-order valence-electron chi connectivity index (χ4n) is 8.61. The number of hydrogen-bond donors (Lipinski definition) is 0. The third-order valence-corrected chi connectivity index (χ3v) is 12.0. The van der Waals surface area contributed by atoms with Gasteiger partial charge in [-0.3, -0.25) is 4.57 Å². The molecular formula is C55H43N7. The van der Waals surface area contributed by atoms with Gasteiger partial charge < -0.3 is 4.57 Å². The van der Waals surface area contributed by atoms with Crippen molar-refractivity contribution in [3.63, 3.8) is 0 Å². The van der Waals surface area contributed by atoms with Crippen LogP contribution in [0.4, 0.5) is 5.69 Å². The second-order valence-corrected chi connectivity index (χ2v) is 18.0. The van der Waals surface area contributed by atoms with Crippen molar-refractivity contribution in [2.75, 3.05) is 0 Å². The van der Waals surface area contributed by atoms with E-state index in [-0.39, 0.29) is 10.8 Å². The average Bonchev–Trinajstić information content (AvgIpc) is 3.80. The van der Waals surface area contributed by atoms with E-state index in [1.807, 2.05) is 84.9 Å². The summed E-state index contributed by atoms with van der Waals surface area (Å²) in [6.45, 7) is 21.0. The molecule has 10 aromatic rings. The monoisotopic (exact) mass is 801 g/mol. The molecule has 0 fully saturated rings. The van der Waals surface area contributed by atoms with Crippen LogP contribution in [0.3, 0.4) is 0 Å². The molecule has 3 heterocycles. The maximum absolute atomic E-state index is 10.9. The standard InChI is InChI=1S/C55H43N7/c1-54(2,3)39-22-26-49-44(31-39)45-32-40(55(4,5)6)23-27-50(45)62(49)53-59-51(34-14-9-8-10-15-34)58-52(60-53)37-21-24-46(38(28-37)33-56)61-47-19-12-11-18-42(47)43-30-36(20-25-48(43)61)35-16-13-17-41(29-35)57-7/h8-32H,1-6H3. The van der Waals surface area contributed by atoms with Crippen LogP contribution in [0.2, 0.25) is 0 Å². The first-order valence-corrected chi connectivity index (χ1v) is 20.9. The molecule has 7 nitrogen and oxygen atoms in total. The number of nitriles is 1. The Morgan fingerprint density at radius 1 is 0.484 bits per heavy atom. The van der Waals surface area contributed by atoms with Gasteiger partial charge in [0.2, 0.25) is 5.95 Å². The van der Waals surface area contributed by atoms with Crippen molar-refractivity contribution in [3.05, 3.63) is 180 Å². The molecule has 3 aromatic heterocycles. The molecule has 0 atom stereocenters. The Balaban J connectivity index is 1.17. The minimum atomic E-state index is -0.0377. The van der Waals surface area contributed by atoms with Crippen molar-refractivity contribution in [1.29, 1.82) is 5.26 Å². The maximum Gasteiger partial charge on any atom is 0.238 e. The average molecular weight is 802 g/mol. The number of hydrogen-bond acceptors (Lipinski definition) is 4. The maximum atomic E-state index is 10.9. The summed E-state index contributed by atoms with van der Waals surface area (Å²) < 4.78 is 4.32. The summed E-state index contributed by atoms with van der Waals surface area (Å²) in [6.07, 6.45) is 0. The third-order valence-electron chi connectivity index (χ3n) is 12.0. The molecule has 62 heavy (non-hydrogen) atoms. The molecule has 0 aliphatic carbocycles. The van der Waals surface area contributed by atoms with Crippen LogP contribution < -0.4 is 0 Å². The van der Waals surface area contributed by atoms with Gasteiger partial charge in [0.05, 0.1) is 39.9 Å². The van der Waals surface area contributed by atoms with E-state index in [2.05, 4.69) is 128 Å². The van der Waals surface area contributed by atoms with E-state index < -0.39 is 0 Å². The van der Waals surface area contributed by atoms with E-state index in [1.165, 1.54) is 11.1 Å². The molecule has 0 bridgehead atoms. The van der Waals surface area contributed by atoms with Crippen LogP contribution in [-0.2, 0) is 10.8 Å². The first-order valence-electron chi connectivity index (χ1n) is 20.9. The lowest BCUT2D eigenvalue weighted by molar-refractivity contribution is 0.590. The third kappa shape index (κ3) is 6.47. The molecule has 0 aliphatic rings. The number of nitrogens with zero attached hydrogens (tertiary/aromatic N) is 7. The molecule has 7 aromatic carbocycles. The zero-order valence-electron chi connectivity index (χ0n) is 35.6. The first kappa shape index (κ1) is 38.3. The quantitative estimate of drug-likeness (QED) is 0.162. The summed E-state index contributed by atoms with van der Waals surface area (Å²) >= 11 is 0. The lowest BCUT2D eigenvalue weighted by atomic mass is 9.85. The summed E-state index contributed by atoms with van der Waals surface area (Å²) in [5.74, 6) is 1.52. The lowest BCUT2D eigenvalue weighted by Crippen LogP contribution is -2.10. The Kier molecular flexibility index (Phi) is 8.91. The van der Waals surface area contributed by atoms with E-state index in [1.54, 1.807) is 0 Å². The van der Waals surface area contributed by atoms with Crippen molar-refractivity contribution in [2.24, 2.45) is 0 Å². The van der Waals surface area contributed by atoms with Crippen molar-refractivity contribution < 1.29 is 0 Å². The Bertz CT molecular complexity index is 3440. The van der Waals surface area contributed by atoms with Crippen molar-refractivity contribution >= 4 is 49.3 Å². The Morgan fingerprint density at radius 2 is 1.03 bits per heavy atom. The van der Waals surface area contributed by atoms with Crippen molar-refractivity contribution in [2.45, 2.75) is 52.4 Å². The Labute approximate surface area is 361 Å². The number of fused-ring (bicyclic) bond motifs is 6. The summed E-state index contributed by atoms with van der Waals surface area (Å²) in [4.78, 5) is 19.1. The van der Waals surface area contributed by atoms with Crippen LogP contribution >= 0.6 is 0 Å². The minimum Gasteiger partial charge on any atom is -0.308 e. The van der Waals surface area contributed by atoms with E-state index >= 15 is 0 Å². The van der Waals surface area contributed by atoms with Gasteiger partial charge in [-0.15, -0.1) is 0 Å². The van der Waals surface area contributed by atoms with Crippen LogP contribution in [0, 0.1) is 17.9 Å². The van der Waals surface area contributed by atoms with Gasteiger partial charge in [0.1, 0.15) is 6.07 Å². The van der Waals surface area contributed by atoms with E-state index in [4.69, 9.17) is 21.5 Å². The lowest BCUT2D eigenvalue weighted by Gasteiger charge is -2.19. The second kappa shape index (κ2) is 14.4. The second-order valence-electron chi connectivity index (χ2n) is 18.0. The molecule has 0 N–H and O–H groups in total. The number of para-hydroxylation sites is 1. The molecule has 0 unspecified atom stereocenters. The zero-order valence-corrected chi connectivity index (χ0v) is 35.6. The Morgan fingerprint density at radius 3 is 1.69 bits per heavy atom. The van der Waals surface area contributed by atoms with Crippen LogP contribution in [-0.4, -0.2) is 24.1 Å². The highest BCUT2D eigenvalue weighted by Gasteiger charge is 2.24. The Hall–Kier alpha value is -7.87. The molecule has 0 spiro atoms. The van der Waals surface area contributed by atoms with Crippen LogP contribution in [0.1, 0.15) is 58.2 Å². The summed E-state index contributed by atoms with van der Waals surface area (Å²) in [6, 6.07) is 54.2. The zero-order chi connectivity index (χ0) is 42.9. The van der Waals surface area contributed by atoms with E-state index in [0.29, 0.717) is 34.4 Å². The van der Waals surface area contributed by atoms with Gasteiger partial charge in [-0.1, -0.05) is 126 Å². The molecule has 10 rings (SSSR count). The van der Waals surface area contributed by atoms with Gasteiger partial charge >= 0.3 is 0 Å². The number of rotatable bonds is 5. The molecule has 0 saturated carbocycles. The highest BCUT2D eigenvalue weighted by molar-refractivity contribution is 6.11. The summed E-state index contributed by atoms with van der Waals surface area (Å²) in [7, 11) is 0. The smallest absolute Gasteiger partial charge is 0.238 e. The van der Waals surface area contributed by atoms with Gasteiger partial charge in [0.15, 0.2) is 17.3 Å². The normalized spacial score (nSPS) is 12.0. The van der Waals surface area contributed by atoms with Crippen LogP contribution in [0.25, 0.3) is 94.0 Å². The largest absolute Gasteiger partial charge is 0.308 e. The van der Waals surface area contributed by atoms with Gasteiger partial charge in [-0.2, -0.15) is 15.2 Å². The number of benzene rings is 7. The van der Waals surface area contributed by atoms with Gasteiger partial charge in [0, 0.05) is 32.7 Å².